The first-order chi connectivity index (χ1) is 15.9. The number of aromatic nitrogens is 2. The fourth-order valence-corrected chi connectivity index (χ4v) is 4.78. The number of rotatable bonds is 5. The molecular formula is C23H23FN4O4S. The van der Waals surface area contributed by atoms with E-state index in [0.29, 0.717) is 36.5 Å². The molecule has 0 unspecified atom stereocenters. The van der Waals surface area contributed by atoms with E-state index in [1.54, 1.807) is 30.0 Å². The lowest BCUT2D eigenvalue weighted by Gasteiger charge is -2.28. The number of aryl methyl sites for hydroxylation is 1. The topological polar surface area (TPSA) is 93.6 Å². The average Bonchev–Trinajstić information content (AvgIpc) is 3.51. The van der Waals surface area contributed by atoms with Crippen LogP contribution in [0.3, 0.4) is 0 Å². The van der Waals surface area contributed by atoms with Crippen molar-refractivity contribution in [2.24, 2.45) is 0 Å². The van der Waals surface area contributed by atoms with Gasteiger partial charge in [-0.3, -0.25) is 0 Å². The van der Waals surface area contributed by atoms with Gasteiger partial charge in [0.15, 0.2) is 0 Å². The Kier molecular flexibility index (Phi) is 6.28. The lowest BCUT2D eigenvalue weighted by atomic mass is 9.80. The average molecular weight is 471 g/mol. The van der Waals surface area contributed by atoms with Crippen LogP contribution in [0.5, 0.6) is 5.75 Å². The Labute approximate surface area is 194 Å². The molecule has 10 heteroatoms. The largest absolute Gasteiger partial charge is 0.495 e. The molecule has 0 bridgehead atoms. The molecule has 1 aliphatic heterocycles. The molecule has 1 saturated heterocycles. The number of urea groups is 1. The zero-order valence-electron chi connectivity index (χ0n) is 18.4. The number of carbonyl (C=O) groups is 2. The first kappa shape index (κ1) is 22.7. The smallest absolute Gasteiger partial charge is 0.337 e. The molecule has 1 N–H and O–H groups in total. The van der Waals surface area contributed by atoms with Gasteiger partial charge in [-0.1, -0.05) is 12.1 Å². The fourth-order valence-electron chi connectivity index (χ4n) is 4.04. The monoisotopic (exact) mass is 470 g/mol. The van der Waals surface area contributed by atoms with Gasteiger partial charge < -0.3 is 19.7 Å². The van der Waals surface area contributed by atoms with Crippen molar-refractivity contribution >= 4 is 29.2 Å². The number of nitrogens with one attached hydrogen (secondary N) is 1. The Morgan fingerprint density at radius 3 is 2.70 bits per heavy atom. The second-order valence-electron chi connectivity index (χ2n) is 7.80. The number of nitrogens with zero attached hydrogens (tertiary/aromatic N) is 3. The van der Waals surface area contributed by atoms with Crippen LogP contribution < -0.4 is 10.1 Å². The van der Waals surface area contributed by atoms with E-state index in [9.17, 15) is 14.0 Å². The highest BCUT2D eigenvalue weighted by atomic mass is 32.1. The molecule has 4 rings (SSSR count). The molecular weight excluding hydrogens is 447 g/mol. The molecule has 2 heterocycles. The number of esters is 1. The van der Waals surface area contributed by atoms with Crippen molar-refractivity contribution in [3.05, 3.63) is 70.2 Å². The third kappa shape index (κ3) is 4.25. The van der Waals surface area contributed by atoms with Crippen LogP contribution in [0.1, 0.15) is 32.9 Å². The molecule has 1 aliphatic rings. The summed E-state index contributed by atoms with van der Waals surface area (Å²) in [6, 6.07) is 9.42. The van der Waals surface area contributed by atoms with E-state index in [-0.39, 0.29) is 17.4 Å². The second-order valence-corrected chi connectivity index (χ2v) is 8.58. The van der Waals surface area contributed by atoms with Gasteiger partial charge in [0.1, 0.15) is 22.9 Å². The molecule has 172 valence electrons. The number of hydrogen-bond acceptors (Lipinski definition) is 7. The normalized spacial score (nSPS) is 17.6. The Hall–Kier alpha value is -3.53. The molecule has 0 radical (unpaired) electrons. The van der Waals surface area contributed by atoms with Gasteiger partial charge in [0.25, 0.3) is 0 Å². The standard InChI is InChI=1S/C23H23FN4O4S/c1-14-4-6-16(11-17(14)24)23(21-25-13-26-33-21)8-9-28(12-23)22(30)27-18-10-15(20(29)32-3)5-7-19(18)31-2/h4-7,10-11,13H,8-9,12H2,1-3H3,(H,27,30)/t23-/m0/s1. The summed E-state index contributed by atoms with van der Waals surface area (Å²) in [6.45, 7) is 2.44. The van der Waals surface area contributed by atoms with E-state index in [2.05, 4.69) is 14.7 Å². The molecule has 1 fully saturated rings. The number of anilines is 1. The van der Waals surface area contributed by atoms with Crippen LogP contribution in [-0.4, -0.2) is 53.6 Å². The van der Waals surface area contributed by atoms with Crippen LogP contribution in [0.4, 0.5) is 14.9 Å². The number of likely N-dealkylation sites (tertiary alicyclic amines) is 1. The summed E-state index contributed by atoms with van der Waals surface area (Å²) in [4.78, 5) is 31.1. The zero-order chi connectivity index (χ0) is 23.6. The van der Waals surface area contributed by atoms with Crippen molar-refractivity contribution in [2.75, 3.05) is 32.6 Å². The Balaban J connectivity index is 1.62. The maximum atomic E-state index is 14.4. The lowest BCUT2D eigenvalue weighted by molar-refractivity contribution is 0.0600. The molecule has 3 aromatic rings. The van der Waals surface area contributed by atoms with Crippen molar-refractivity contribution < 1.29 is 23.5 Å². The fraction of sp³-hybridized carbons (Fsp3) is 0.304. The number of methoxy groups -OCH3 is 2. The first-order valence-electron chi connectivity index (χ1n) is 10.2. The van der Waals surface area contributed by atoms with E-state index in [1.165, 1.54) is 44.2 Å². The van der Waals surface area contributed by atoms with Gasteiger partial charge in [-0.05, 0) is 60.3 Å². The molecule has 1 atom stereocenters. The highest BCUT2D eigenvalue weighted by Crippen LogP contribution is 2.42. The number of benzene rings is 2. The maximum absolute atomic E-state index is 14.4. The number of carbonyl (C=O) groups excluding carboxylic acids is 2. The summed E-state index contributed by atoms with van der Waals surface area (Å²) in [5, 5.41) is 3.55. The molecule has 2 aromatic carbocycles. The maximum Gasteiger partial charge on any atom is 0.337 e. The van der Waals surface area contributed by atoms with Crippen molar-refractivity contribution in [1.82, 2.24) is 14.3 Å². The lowest BCUT2D eigenvalue weighted by Crippen LogP contribution is -2.37. The van der Waals surface area contributed by atoms with Crippen LogP contribution in [0, 0.1) is 12.7 Å². The second kappa shape index (κ2) is 9.14. The number of amides is 2. The summed E-state index contributed by atoms with van der Waals surface area (Å²) < 4.78 is 28.6. The van der Waals surface area contributed by atoms with E-state index in [0.717, 1.165) is 10.6 Å². The minimum Gasteiger partial charge on any atom is -0.495 e. The molecule has 8 nitrogen and oxygen atoms in total. The Morgan fingerprint density at radius 1 is 1.21 bits per heavy atom. The summed E-state index contributed by atoms with van der Waals surface area (Å²) in [5.74, 6) is -0.416. The van der Waals surface area contributed by atoms with Gasteiger partial charge in [0, 0.05) is 13.1 Å². The highest BCUT2D eigenvalue weighted by Gasteiger charge is 2.45. The van der Waals surface area contributed by atoms with Crippen LogP contribution >= 0.6 is 11.5 Å². The predicted molar refractivity (Wildman–Crippen MR) is 121 cm³/mol. The zero-order valence-corrected chi connectivity index (χ0v) is 19.2. The van der Waals surface area contributed by atoms with E-state index >= 15 is 0 Å². The van der Waals surface area contributed by atoms with Crippen LogP contribution in [0.15, 0.2) is 42.7 Å². The quantitative estimate of drug-likeness (QED) is 0.567. The summed E-state index contributed by atoms with van der Waals surface area (Å²) >= 11 is 1.24. The SMILES string of the molecule is COC(=O)c1ccc(OC)c(NC(=O)N2CC[C@](c3ccc(C)c(F)c3)(c3ncns3)C2)c1. The minimum atomic E-state index is -0.662. The number of hydrogen-bond donors (Lipinski definition) is 1. The van der Waals surface area contributed by atoms with Gasteiger partial charge in [-0.15, -0.1) is 0 Å². The van der Waals surface area contributed by atoms with E-state index in [1.807, 2.05) is 6.07 Å². The third-order valence-electron chi connectivity index (χ3n) is 5.91. The van der Waals surface area contributed by atoms with Gasteiger partial charge in [0.05, 0.1) is 30.9 Å². The van der Waals surface area contributed by atoms with Crippen molar-refractivity contribution in [2.45, 2.75) is 18.8 Å². The van der Waals surface area contributed by atoms with E-state index < -0.39 is 11.4 Å². The van der Waals surface area contributed by atoms with Crippen molar-refractivity contribution in [3.8, 4) is 5.75 Å². The Morgan fingerprint density at radius 2 is 2.03 bits per heavy atom. The van der Waals surface area contributed by atoms with Gasteiger partial charge in [0.2, 0.25) is 0 Å². The summed E-state index contributed by atoms with van der Waals surface area (Å²) in [7, 11) is 2.76. The number of ether oxygens (including phenoxy) is 2. The number of halogens is 1. The molecule has 33 heavy (non-hydrogen) atoms. The predicted octanol–water partition coefficient (Wildman–Crippen LogP) is 4.00. The first-order valence-corrected chi connectivity index (χ1v) is 11.0. The van der Waals surface area contributed by atoms with Gasteiger partial charge in [-0.25, -0.2) is 19.0 Å². The van der Waals surface area contributed by atoms with Crippen LogP contribution in [-0.2, 0) is 10.2 Å². The molecule has 0 spiro atoms. The Bertz CT molecular complexity index is 1190. The molecule has 0 saturated carbocycles. The molecule has 1 aromatic heterocycles. The molecule has 2 amide bonds. The van der Waals surface area contributed by atoms with Gasteiger partial charge in [-0.2, -0.15) is 4.37 Å². The molecule has 0 aliphatic carbocycles. The highest BCUT2D eigenvalue weighted by molar-refractivity contribution is 7.05. The van der Waals surface area contributed by atoms with Crippen molar-refractivity contribution in [1.29, 1.82) is 0 Å². The van der Waals surface area contributed by atoms with Crippen molar-refractivity contribution in [3.63, 3.8) is 0 Å². The van der Waals surface area contributed by atoms with E-state index in [4.69, 9.17) is 9.47 Å². The van der Waals surface area contributed by atoms with Gasteiger partial charge >= 0.3 is 12.0 Å². The van der Waals surface area contributed by atoms with Crippen LogP contribution in [0.25, 0.3) is 0 Å². The summed E-state index contributed by atoms with van der Waals surface area (Å²) in [5.41, 5.74) is 1.28. The minimum absolute atomic E-state index is 0.286. The summed E-state index contributed by atoms with van der Waals surface area (Å²) in [6.07, 6.45) is 2.04. The third-order valence-corrected chi connectivity index (χ3v) is 6.78. The van der Waals surface area contributed by atoms with Crippen LogP contribution in [0.2, 0.25) is 0 Å².